The molecule has 1 aromatic carbocycles. The normalized spacial score (nSPS) is 23.3. The van der Waals surface area contributed by atoms with E-state index < -0.39 is 5.72 Å². The number of amides is 1. The van der Waals surface area contributed by atoms with Gasteiger partial charge < -0.3 is 14.4 Å². The first-order valence-electron chi connectivity index (χ1n) is 9.74. The first-order valence-corrected chi connectivity index (χ1v) is 9.74. The zero-order valence-corrected chi connectivity index (χ0v) is 16.4. The molecule has 0 unspecified atom stereocenters. The maximum Gasteiger partial charge on any atom is 0.229 e. The van der Waals surface area contributed by atoms with Crippen LogP contribution in [0.4, 0.5) is 0 Å². The number of carbonyl (C=O) groups excluding carboxylic acids is 1. The second-order valence-electron chi connectivity index (χ2n) is 7.89. The number of carbonyl (C=O) groups is 1. The van der Waals surface area contributed by atoms with Gasteiger partial charge >= 0.3 is 0 Å². The van der Waals surface area contributed by atoms with Gasteiger partial charge in [0.05, 0.1) is 6.04 Å². The fourth-order valence-electron chi connectivity index (χ4n) is 4.36. The number of hydrogen-bond acceptors (Lipinski definition) is 4. The Hall–Kier alpha value is -2.66. The minimum Gasteiger partial charge on any atom is -0.490 e. The lowest BCUT2D eigenvalue weighted by Crippen LogP contribution is -2.48. The maximum absolute atomic E-state index is 13.8. The van der Waals surface area contributed by atoms with Crippen LogP contribution in [0.5, 0.6) is 5.75 Å². The van der Waals surface area contributed by atoms with Crippen LogP contribution in [0, 0.1) is 5.92 Å². The van der Waals surface area contributed by atoms with Crippen LogP contribution in [0.2, 0.25) is 0 Å². The number of nitrogens with zero attached hydrogens (tertiary/aromatic N) is 2. The van der Waals surface area contributed by atoms with Gasteiger partial charge in [0.2, 0.25) is 5.91 Å². The highest BCUT2D eigenvalue weighted by Crippen LogP contribution is 2.47. The van der Waals surface area contributed by atoms with Crippen molar-refractivity contribution in [1.29, 1.82) is 0 Å². The summed E-state index contributed by atoms with van der Waals surface area (Å²) in [4.78, 5) is 19.8. The molecule has 0 aliphatic carbocycles. The molecule has 0 radical (unpaired) electrons. The summed E-state index contributed by atoms with van der Waals surface area (Å²) in [7, 11) is 0. The number of para-hydroxylation sites is 1. The summed E-state index contributed by atoms with van der Waals surface area (Å²) in [5.74, 6) is 0.722. The molecule has 0 saturated carbocycles. The maximum atomic E-state index is 13.8. The molecule has 2 aliphatic heterocycles. The quantitative estimate of drug-likeness (QED) is 0.740. The molecule has 0 N–H and O–H groups in total. The van der Waals surface area contributed by atoms with Crippen molar-refractivity contribution < 1.29 is 14.3 Å². The lowest BCUT2D eigenvalue weighted by Gasteiger charge is -2.37. The molecule has 1 saturated heterocycles. The summed E-state index contributed by atoms with van der Waals surface area (Å²) < 4.78 is 12.1. The first kappa shape index (κ1) is 18.7. The number of fused-ring (bicyclic) bond motifs is 3. The van der Waals surface area contributed by atoms with E-state index in [-0.39, 0.29) is 24.0 Å². The molecule has 5 nitrogen and oxygen atoms in total. The fourth-order valence-corrected chi connectivity index (χ4v) is 4.36. The van der Waals surface area contributed by atoms with Crippen LogP contribution in [0.1, 0.15) is 37.4 Å². The van der Waals surface area contributed by atoms with Crippen LogP contribution in [0.15, 0.2) is 61.4 Å². The molecule has 1 amide bonds. The molecule has 5 heteroatoms. The molecule has 3 atom stereocenters. The Morgan fingerprint density at radius 2 is 2.07 bits per heavy atom. The average molecular weight is 378 g/mol. The largest absolute Gasteiger partial charge is 0.490 e. The van der Waals surface area contributed by atoms with Gasteiger partial charge in [-0.1, -0.05) is 24.3 Å². The van der Waals surface area contributed by atoms with Crippen LogP contribution in [-0.2, 0) is 16.0 Å². The zero-order chi connectivity index (χ0) is 19.7. The number of ether oxygens (including phenoxy) is 2. The molecule has 0 bridgehead atoms. The molecule has 0 spiro atoms. The van der Waals surface area contributed by atoms with Gasteiger partial charge in [-0.3, -0.25) is 9.78 Å². The first-order chi connectivity index (χ1) is 13.5. The lowest BCUT2D eigenvalue weighted by atomic mass is 9.91. The standard InChI is InChI=1S/C23H26N2O3/c1-4-7-17(14-16-10-12-24-13-11-16)22(26)25-21-18-8-5-6-9-19(18)27-15-20(21)28-23(25,2)3/h4-6,8-13,17,20-21H,1,7,14-15H2,2-3H3/t17-,20+,21-/m0/s1. The van der Waals surface area contributed by atoms with Gasteiger partial charge in [0.15, 0.2) is 0 Å². The lowest BCUT2D eigenvalue weighted by molar-refractivity contribution is -0.152. The van der Waals surface area contributed by atoms with Crippen LogP contribution in [-0.4, -0.2) is 34.2 Å². The van der Waals surface area contributed by atoms with E-state index >= 15 is 0 Å². The Kier molecular flexibility index (Phi) is 4.94. The highest BCUT2D eigenvalue weighted by atomic mass is 16.6. The number of pyridine rings is 1. The number of allylic oxidation sites excluding steroid dienone is 1. The summed E-state index contributed by atoms with van der Waals surface area (Å²) in [6.07, 6.45) is 6.44. The highest BCUT2D eigenvalue weighted by Gasteiger charge is 2.53. The minimum atomic E-state index is -0.703. The van der Waals surface area contributed by atoms with E-state index in [1.807, 2.05) is 61.2 Å². The Morgan fingerprint density at radius 1 is 1.32 bits per heavy atom. The van der Waals surface area contributed by atoms with Gasteiger partial charge in [0, 0.05) is 23.9 Å². The van der Waals surface area contributed by atoms with Crippen LogP contribution < -0.4 is 4.74 Å². The smallest absolute Gasteiger partial charge is 0.229 e. The third-order valence-corrected chi connectivity index (χ3v) is 5.56. The van der Waals surface area contributed by atoms with E-state index in [2.05, 4.69) is 11.6 Å². The highest BCUT2D eigenvalue weighted by molar-refractivity contribution is 5.81. The molecule has 28 heavy (non-hydrogen) atoms. The summed E-state index contributed by atoms with van der Waals surface area (Å²) in [5, 5.41) is 0. The van der Waals surface area contributed by atoms with Gasteiger partial charge in [0.25, 0.3) is 0 Å². The number of benzene rings is 1. The summed E-state index contributed by atoms with van der Waals surface area (Å²) in [6, 6.07) is 11.7. The Morgan fingerprint density at radius 3 is 2.82 bits per heavy atom. The van der Waals surface area contributed by atoms with E-state index in [0.29, 0.717) is 19.4 Å². The summed E-state index contributed by atoms with van der Waals surface area (Å²) >= 11 is 0. The van der Waals surface area contributed by atoms with E-state index in [9.17, 15) is 4.79 Å². The topological polar surface area (TPSA) is 51.7 Å². The van der Waals surface area contributed by atoms with Crippen molar-refractivity contribution in [2.24, 2.45) is 5.92 Å². The Balaban J connectivity index is 1.68. The SMILES string of the molecule is C=CC[C@@H](Cc1ccncc1)C(=O)N1[C@H]2c3ccccc3OC[C@H]2OC1(C)C. The molecule has 2 aromatic rings. The van der Waals surface area contributed by atoms with Crippen LogP contribution in [0.3, 0.4) is 0 Å². The van der Waals surface area contributed by atoms with E-state index in [1.54, 1.807) is 12.4 Å². The molecule has 146 valence electrons. The molecular formula is C23H26N2O3. The molecule has 3 heterocycles. The number of aromatic nitrogens is 1. The van der Waals surface area contributed by atoms with Crippen LogP contribution in [0.25, 0.3) is 0 Å². The van der Waals surface area contributed by atoms with Gasteiger partial charge in [-0.05, 0) is 50.5 Å². The fraction of sp³-hybridized carbons (Fsp3) is 0.391. The third kappa shape index (κ3) is 3.31. The molecule has 1 fully saturated rings. The van der Waals surface area contributed by atoms with Crippen LogP contribution >= 0.6 is 0 Å². The third-order valence-electron chi connectivity index (χ3n) is 5.56. The van der Waals surface area contributed by atoms with E-state index in [4.69, 9.17) is 9.47 Å². The predicted molar refractivity (Wildman–Crippen MR) is 107 cm³/mol. The van der Waals surface area contributed by atoms with Crippen molar-refractivity contribution in [3.63, 3.8) is 0 Å². The van der Waals surface area contributed by atoms with Crippen molar-refractivity contribution >= 4 is 5.91 Å². The predicted octanol–water partition coefficient (Wildman–Crippen LogP) is 3.91. The van der Waals surface area contributed by atoms with Crippen molar-refractivity contribution in [3.05, 3.63) is 72.6 Å². The number of hydrogen-bond donors (Lipinski definition) is 0. The van der Waals surface area contributed by atoms with Gasteiger partial charge in [-0.2, -0.15) is 0 Å². The van der Waals surface area contributed by atoms with E-state index in [1.165, 1.54) is 0 Å². The molecule has 1 aromatic heterocycles. The van der Waals surface area contributed by atoms with Crippen molar-refractivity contribution in [2.45, 2.75) is 44.6 Å². The van der Waals surface area contributed by atoms with Crippen molar-refractivity contribution in [3.8, 4) is 5.75 Å². The average Bonchev–Trinajstić information content (AvgIpc) is 2.98. The second kappa shape index (κ2) is 7.40. The van der Waals surface area contributed by atoms with Crippen molar-refractivity contribution in [2.75, 3.05) is 6.61 Å². The van der Waals surface area contributed by atoms with Crippen molar-refractivity contribution in [1.82, 2.24) is 9.88 Å². The zero-order valence-electron chi connectivity index (χ0n) is 16.4. The Bertz CT molecular complexity index is 865. The second-order valence-corrected chi connectivity index (χ2v) is 7.89. The van der Waals surface area contributed by atoms with Gasteiger partial charge in [-0.15, -0.1) is 6.58 Å². The monoisotopic (exact) mass is 378 g/mol. The minimum absolute atomic E-state index is 0.0888. The molecular weight excluding hydrogens is 352 g/mol. The number of rotatable bonds is 5. The van der Waals surface area contributed by atoms with E-state index in [0.717, 1.165) is 16.9 Å². The Labute approximate surface area is 166 Å². The molecule has 2 aliphatic rings. The summed E-state index contributed by atoms with van der Waals surface area (Å²) in [5.41, 5.74) is 1.40. The van der Waals surface area contributed by atoms with Gasteiger partial charge in [0.1, 0.15) is 24.2 Å². The molecule has 4 rings (SSSR count). The van der Waals surface area contributed by atoms with Gasteiger partial charge in [-0.25, -0.2) is 0 Å². The summed E-state index contributed by atoms with van der Waals surface area (Å²) in [6.45, 7) is 8.24.